The summed E-state index contributed by atoms with van der Waals surface area (Å²) in [6.07, 6.45) is 0.981. The summed E-state index contributed by atoms with van der Waals surface area (Å²) in [6.45, 7) is 5.13. The Bertz CT molecular complexity index is 664. The third kappa shape index (κ3) is 9.18. The monoisotopic (exact) mass is 520 g/mol. The van der Waals surface area contributed by atoms with Crippen molar-refractivity contribution >= 4 is 35.8 Å². The van der Waals surface area contributed by atoms with Gasteiger partial charge in [-0.3, -0.25) is 4.79 Å². The molecule has 0 aliphatic carbocycles. The van der Waals surface area contributed by atoms with Crippen LogP contribution in [-0.2, 0) is 20.8 Å². The van der Waals surface area contributed by atoms with Gasteiger partial charge >= 0.3 is 0 Å². The van der Waals surface area contributed by atoms with Crippen LogP contribution < -0.4 is 15.4 Å². The summed E-state index contributed by atoms with van der Waals surface area (Å²) in [6, 6.07) is 6.11. The van der Waals surface area contributed by atoms with Crippen LogP contribution >= 0.6 is 24.0 Å². The molecule has 9 heteroatoms. The van der Waals surface area contributed by atoms with Gasteiger partial charge in [-0.1, -0.05) is 12.1 Å². The second-order valence-corrected chi connectivity index (χ2v) is 6.94. The lowest BCUT2D eigenvalue weighted by Crippen LogP contribution is -2.43. The van der Waals surface area contributed by atoms with E-state index in [1.54, 1.807) is 21.2 Å². The molecule has 1 unspecified atom stereocenters. The molecule has 0 aromatic heterocycles. The van der Waals surface area contributed by atoms with Gasteiger partial charge in [0.1, 0.15) is 11.9 Å². The second-order valence-electron chi connectivity index (χ2n) is 6.94. The highest BCUT2D eigenvalue weighted by atomic mass is 127. The van der Waals surface area contributed by atoms with Gasteiger partial charge in [-0.05, 0) is 18.6 Å². The van der Waals surface area contributed by atoms with Crippen LogP contribution in [0.2, 0.25) is 0 Å². The van der Waals surface area contributed by atoms with Crippen LogP contribution in [0.5, 0.6) is 5.75 Å². The second kappa shape index (κ2) is 13.6. The summed E-state index contributed by atoms with van der Waals surface area (Å²) in [7, 11) is 5.09. The Hall–Kier alpha value is -1.59. The summed E-state index contributed by atoms with van der Waals surface area (Å²) < 4.78 is 16.6. The molecule has 0 saturated carbocycles. The summed E-state index contributed by atoms with van der Waals surface area (Å²) in [5.74, 6) is 1.37. The number of methoxy groups -OCH3 is 1. The molecule has 1 heterocycles. The average Bonchev–Trinajstić information content (AvgIpc) is 3.17. The number of nitrogens with zero attached hydrogens (tertiary/aromatic N) is 2. The van der Waals surface area contributed by atoms with Crippen LogP contribution in [0.4, 0.5) is 0 Å². The molecule has 1 amide bonds. The molecule has 1 aromatic rings. The molecule has 164 valence electrons. The van der Waals surface area contributed by atoms with Crippen molar-refractivity contribution in [1.29, 1.82) is 0 Å². The molecule has 8 nitrogen and oxygen atoms in total. The van der Waals surface area contributed by atoms with Gasteiger partial charge in [-0.2, -0.15) is 0 Å². The van der Waals surface area contributed by atoms with Crippen LogP contribution in [0.1, 0.15) is 17.5 Å². The van der Waals surface area contributed by atoms with E-state index in [1.165, 1.54) is 4.90 Å². The minimum atomic E-state index is -0.0261. The molecule has 29 heavy (non-hydrogen) atoms. The number of rotatable bonds is 9. The molecular formula is C20H33IN4O4. The van der Waals surface area contributed by atoms with Crippen molar-refractivity contribution in [3.8, 4) is 5.75 Å². The molecule has 1 saturated heterocycles. The maximum Gasteiger partial charge on any atom is 0.241 e. The first kappa shape index (κ1) is 25.4. The number of hydrogen-bond acceptors (Lipinski definition) is 5. The van der Waals surface area contributed by atoms with Crippen LogP contribution in [0.25, 0.3) is 0 Å². The molecular weight excluding hydrogens is 487 g/mol. The SMILES string of the molecule is COCCNC(=NCc1ccc(C)cc1OC1CCOC1)NCC(=O)N(C)C.I. The van der Waals surface area contributed by atoms with Crippen LogP contribution in [0.3, 0.4) is 0 Å². The predicted octanol–water partition coefficient (Wildman–Crippen LogP) is 1.55. The first-order chi connectivity index (χ1) is 13.5. The van der Waals surface area contributed by atoms with E-state index in [1.807, 2.05) is 25.1 Å². The van der Waals surface area contributed by atoms with Gasteiger partial charge in [0, 0.05) is 39.7 Å². The molecule has 1 atom stereocenters. The zero-order valence-electron chi connectivity index (χ0n) is 17.7. The molecule has 0 bridgehead atoms. The number of ether oxygens (including phenoxy) is 3. The third-order valence-corrected chi connectivity index (χ3v) is 4.32. The Kier molecular flexibility index (Phi) is 11.9. The van der Waals surface area contributed by atoms with Crippen molar-refractivity contribution in [3.05, 3.63) is 29.3 Å². The summed E-state index contributed by atoms with van der Waals surface area (Å²) in [4.78, 5) is 18.0. The first-order valence-corrected chi connectivity index (χ1v) is 9.54. The lowest BCUT2D eigenvalue weighted by Gasteiger charge is -2.17. The van der Waals surface area contributed by atoms with Gasteiger partial charge in [0.05, 0.1) is 32.9 Å². The van der Waals surface area contributed by atoms with Gasteiger partial charge in [0.2, 0.25) is 5.91 Å². The molecule has 1 aromatic carbocycles. The highest BCUT2D eigenvalue weighted by molar-refractivity contribution is 14.0. The Balaban J connectivity index is 0.00000420. The van der Waals surface area contributed by atoms with Crippen LogP contribution in [0.15, 0.2) is 23.2 Å². The quantitative estimate of drug-likeness (QED) is 0.223. The Morgan fingerprint density at radius 2 is 2.14 bits per heavy atom. The van der Waals surface area contributed by atoms with Crippen molar-refractivity contribution in [2.45, 2.75) is 26.0 Å². The minimum Gasteiger partial charge on any atom is -0.488 e. The number of hydrogen-bond donors (Lipinski definition) is 2. The van der Waals surface area contributed by atoms with Crippen LogP contribution in [-0.4, -0.2) is 77.0 Å². The predicted molar refractivity (Wildman–Crippen MR) is 124 cm³/mol. The van der Waals surface area contributed by atoms with E-state index in [0.717, 1.165) is 29.9 Å². The van der Waals surface area contributed by atoms with Gasteiger partial charge in [-0.25, -0.2) is 4.99 Å². The van der Waals surface area contributed by atoms with Crippen molar-refractivity contribution in [2.75, 3.05) is 54.1 Å². The summed E-state index contributed by atoms with van der Waals surface area (Å²) >= 11 is 0. The van der Waals surface area contributed by atoms with E-state index >= 15 is 0 Å². The van der Waals surface area contributed by atoms with Gasteiger partial charge in [0.15, 0.2) is 5.96 Å². The first-order valence-electron chi connectivity index (χ1n) is 9.54. The Labute approximate surface area is 190 Å². The van der Waals surface area contributed by atoms with E-state index < -0.39 is 0 Å². The fourth-order valence-corrected chi connectivity index (χ4v) is 2.61. The number of carbonyl (C=O) groups excluding carboxylic acids is 1. The van der Waals surface area contributed by atoms with Gasteiger partial charge < -0.3 is 29.7 Å². The molecule has 2 rings (SSSR count). The van der Waals surface area contributed by atoms with E-state index in [9.17, 15) is 4.79 Å². The van der Waals surface area contributed by atoms with Crippen molar-refractivity contribution in [1.82, 2.24) is 15.5 Å². The van der Waals surface area contributed by atoms with E-state index in [-0.39, 0.29) is 42.5 Å². The fourth-order valence-electron chi connectivity index (χ4n) is 2.61. The van der Waals surface area contributed by atoms with E-state index in [2.05, 4.69) is 15.6 Å². The number of carbonyl (C=O) groups is 1. The lowest BCUT2D eigenvalue weighted by atomic mass is 10.1. The number of likely N-dealkylation sites (N-methyl/N-ethyl adjacent to an activating group) is 1. The Morgan fingerprint density at radius 1 is 1.34 bits per heavy atom. The number of amides is 1. The number of guanidine groups is 1. The molecule has 1 aliphatic rings. The Morgan fingerprint density at radius 3 is 2.79 bits per heavy atom. The van der Waals surface area contributed by atoms with Crippen molar-refractivity contribution in [3.63, 3.8) is 0 Å². The molecule has 0 spiro atoms. The smallest absolute Gasteiger partial charge is 0.241 e. The number of benzene rings is 1. The highest BCUT2D eigenvalue weighted by Gasteiger charge is 2.18. The van der Waals surface area contributed by atoms with Gasteiger partial charge in [0.25, 0.3) is 0 Å². The average molecular weight is 520 g/mol. The number of aliphatic imine (C=N–C) groups is 1. The number of nitrogens with one attached hydrogen (secondary N) is 2. The molecule has 1 fully saturated rings. The molecule has 2 N–H and O–H groups in total. The van der Waals surface area contributed by atoms with Crippen LogP contribution in [0, 0.1) is 6.92 Å². The number of halogens is 1. The van der Waals surface area contributed by atoms with E-state index in [0.29, 0.717) is 32.3 Å². The van der Waals surface area contributed by atoms with E-state index in [4.69, 9.17) is 14.2 Å². The highest BCUT2D eigenvalue weighted by Crippen LogP contribution is 2.24. The summed E-state index contributed by atoms with van der Waals surface area (Å²) in [5, 5.41) is 6.24. The zero-order chi connectivity index (χ0) is 20.4. The third-order valence-electron chi connectivity index (χ3n) is 4.32. The molecule has 0 radical (unpaired) electrons. The topological polar surface area (TPSA) is 84.4 Å². The maximum absolute atomic E-state index is 11.9. The molecule has 1 aliphatic heterocycles. The normalized spacial score (nSPS) is 16.1. The van der Waals surface area contributed by atoms with Gasteiger partial charge in [-0.15, -0.1) is 24.0 Å². The fraction of sp³-hybridized carbons (Fsp3) is 0.600. The lowest BCUT2D eigenvalue weighted by molar-refractivity contribution is -0.127. The summed E-state index contributed by atoms with van der Waals surface area (Å²) in [5.41, 5.74) is 2.12. The standard InChI is InChI=1S/C20H32N4O4.HI/c1-15-5-6-16(18(11-15)28-17-7-9-27-14-17)12-22-20(21-8-10-26-4)23-13-19(25)24(2)3;/h5-6,11,17H,7-10,12-14H2,1-4H3,(H2,21,22,23);1H. The number of aryl methyl sites for hydroxylation is 1. The largest absolute Gasteiger partial charge is 0.488 e. The maximum atomic E-state index is 11.9. The van der Waals surface area contributed by atoms with Crippen molar-refractivity contribution in [2.24, 2.45) is 4.99 Å². The zero-order valence-corrected chi connectivity index (χ0v) is 20.0. The van der Waals surface area contributed by atoms with Crippen molar-refractivity contribution < 1.29 is 19.0 Å². The minimum absolute atomic E-state index is 0.